The molecule has 0 N–H and O–H groups in total. The lowest BCUT2D eigenvalue weighted by Crippen LogP contribution is -2.39. The van der Waals surface area contributed by atoms with E-state index in [0.717, 1.165) is 17.9 Å². The highest BCUT2D eigenvalue weighted by Crippen LogP contribution is 2.28. The first kappa shape index (κ1) is 14.4. The maximum atomic E-state index is 12.6. The van der Waals surface area contributed by atoms with E-state index in [-0.39, 0.29) is 5.91 Å². The maximum Gasteiger partial charge on any atom is 0.267 e. The van der Waals surface area contributed by atoms with E-state index in [1.165, 1.54) is 5.56 Å². The van der Waals surface area contributed by atoms with Gasteiger partial charge in [0.1, 0.15) is 11.5 Å². The van der Waals surface area contributed by atoms with Gasteiger partial charge in [0.05, 0.1) is 7.11 Å². The second-order valence-electron chi connectivity index (χ2n) is 5.30. The van der Waals surface area contributed by atoms with Crippen molar-refractivity contribution in [2.24, 2.45) is 0 Å². The molecule has 0 saturated heterocycles. The molecule has 1 amide bonds. The van der Waals surface area contributed by atoms with E-state index in [2.05, 4.69) is 6.07 Å². The quantitative estimate of drug-likeness (QED) is 0.870. The fraction of sp³-hybridized carbons (Fsp3) is 0.278. The highest BCUT2D eigenvalue weighted by Gasteiger charge is 2.28. The molecule has 0 bridgehead atoms. The molecule has 0 radical (unpaired) electrons. The Morgan fingerprint density at radius 1 is 1.09 bits per heavy atom. The van der Waals surface area contributed by atoms with Gasteiger partial charge in [-0.3, -0.25) is 4.79 Å². The molecule has 114 valence electrons. The van der Waals surface area contributed by atoms with Gasteiger partial charge in [-0.15, -0.1) is 0 Å². The number of fused-ring (bicyclic) bond motifs is 1. The molecule has 22 heavy (non-hydrogen) atoms. The summed E-state index contributed by atoms with van der Waals surface area (Å²) in [5.74, 6) is 1.41. The summed E-state index contributed by atoms with van der Waals surface area (Å²) in [5, 5.41) is 0. The highest BCUT2D eigenvalue weighted by molar-refractivity contribution is 5.98. The van der Waals surface area contributed by atoms with Gasteiger partial charge >= 0.3 is 0 Å². The Morgan fingerprint density at radius 3 is 2.50 bits per heavy atom. The van der Waals surface area contributed by atoms with Crippen LogP contribution >= 0.6 is 0 Å². The summed E-state index contributed by atoms with van der Waals surface area (Å²) in [6.45, 7) is 2.50. The van der Waals surface area contributed by atoms with Crippen molar-refractivity contribution in [1.29, 1.82) is 0 Å². The van der Waals surface area contributed by atoms with Gasteiger partial charge in [-0.2, -0.15) is 0 Å². The lowest BCUT2D eigenvalue weighted by atomic mass is 10.2. The third-order valence-electron chi connectivity index (χ3n) is 3.87. The molecule has 1 heterocycles. The minimum Gasteiger partial charge on any atom is -0.497 e. The van der Waals surface area contributed by atoms with E-state index < -0.39 is 6.10 Å². The third-order valence-corrected chi connectivity index (χ3v) is 3.87. The topological polar surface area (TPSA) is 38.8 Å². The van der Waals surface area contributed by atoms with E-state index >= 15 is 0 Å². The number of methoxy groups -OCH3 is 1. The van der Waals surface area contributed by atoms with Crippen molar-refractivity contribution in [1.82, 2.24) is 0 Å². The number of amides is 1. The summed E-state index contributed by atoms with van der Waals surface area (Å²) in [4.78, 5) is 14.4. The Labute approximate surface area is 130 Å². The van der Waals surface area contributed by atoms with Gasteiger partial charge in [0, 0.05) is 12.2 Å². The van der Waals surface area contributed by atoms with Crippen LogP contribution in [-0.2, 0) is 11.2 Å². The Kier molecular flexibility index (Phi) is 4.00. The van der Waals surface area contributed by atoms with Crippen molar-refractivity contribution < 1.29 is 14.3 Å². The number of rotatable bonds is 4. The highest BCUT2D eigenvalue weighted by atomic mass is 16.5. The predicted octanol–water partition coefficient (Wildman–Crippen LogP) is 3.05. The number of benzene rings is 2. The summed E-state index contributed by atoms with van der Waals surface area (Å²) in [5.41, 5.74) is 2.21. The minimum atomic E-state index is -0.528. The third kappa shape index (κ3) is 2.77. The Balaban J connectivity index is 1.70. The number of para-hydroxylation sites is 1. The van der Waals surface area contributed by atoms with Crippen LogP contribution in [0.25, 0.3) is 0 Å². The van der Waals surface area contributed by atoms with E-state index in [0.29, 0.717) is 12.3 Å². The molecule has 2 aromatic carbocycles. The zero-order chi connectivity index (χ0) is 15.5. The van der Waals surface area contributed by atoms with Crippen molar-refractivity contribution in [2.75, 3.05) is 18.6 Å². The normalized spacial score (nSPS) is 14.4. The van der Waals surface area contributed by atoms with Gasteiger partial charge in [-0.25, -0.2) is 0 Å². The molecular weight excluding hydrogens is 278 g/mol. The second kappa shape index (κ2) is 6.10. The smallest absolute Gasteiger partial charge is 0.267 e. The van der Waals surface area contributed by atoms with E-state index in [4.69, 9.17) is 9.47 Å². The van der Waals surface area contributed by atoms with Crippen LogP contribution in [0.1, 0.15) is 12.5 Å². The van der Waals surface area contributed by atoms with Crippen LogP contribution in [-0.4, -0.2) is 25.7 Å². The van der Waals surface area contributed by atoms with Gasteiger partial charge in [0.15, 0.2) is 6.10 Å². The van der Waals surface area contributed by atoms with Crippen molar-refractivity contribution >= 4 is 11.6 Å². The van der Waals surface area contributed by atoms with E-state index in [9.17, 15) is 4.79 Å². The van der Waals surface area contributed by atoms with E-state index in [1.54, 1.807) is 26.2 Å². The number of hydrogen-bond donors (Lipinski definition) is 0. The summed E-state index contributed by atoms with van der Waals surface area (Å²) in [7, 11) is 1.62. The summed E-state index contributed by atoms with van der Waals surface area (Å²) in [6.07, 6.45) is 0.372. The lowest BCUT2D eigenvalue weighted by molar-refractivity contribution is -0.124. The molecule has 0 fully saturated rings. The first-order chi connectivity index (χ1) is 10.7. The first-order valence-electron chi connectivity index (χ1n) is 7.39. The van der Waals surface area contributed by atoms with Crippen LogP contribution in [0.3, 0.4) is 0 Å². The number of carbonyl (C=O) groups is 1. The Morgan fingerprint density at radius 2 is 1.77 bits per heavy atom. The molecule has 1 aliphatic heterocycles. The number of anilines is 1. The first-order valence-corrected chi connectivity index (χ1v) is 7.39. The molecular formula is C18H19NO3. The van der Waals surface area contributed by atoms with Gasteiger partial charge in [0.25, 0.3) is 5.91 Å². The van der Waals surface area contributed by atoms with Gasteiger partial charge < -0.3 is 14.4 Å². The molecule has 0 aromatic heterocycles. The van der Waals surface area contributed by atoms with Crippen LogP contribution in [0.4, 0.5) is 5.69 Å². The summed E-state index contributed by atoms with van der Waals surface area (Å²) >= 11 is 0. The molecule has 1 aliphatic rings. The van der Waals surface area contributed by atoms with Crippen molar-refractivity contribution in [2.45, 2.75) is 19.4 Å². The zero-order valence-corrected chi connectivity index (χ0v) is 12.8. The van der Waals surface area contributed by atoms with Crippen LogP contribution in [0, 0.1) is 0 Å². The zero-order valence-electron chi connectivity index (χ0n) is 12.8. The van der Waals surface area contributed by atoms with Crippen molar-refractivity contribution in [3.63, 3.8) is 0 Å². The molecule has 4 heteroatoms. The molecule has 0 aliphatic carbocycles. The number of ether oxygens (including phenoxy) is 2. The van der Waals surface area contributed by atoms with Crippen molar-refractivity contribution in [3.05, 3.63) is 54.1 Å². The van der Waals surface area contributed by atoms with Crippen LogP contribution < -0.4 is 14.4 Å². The summed E-state index contributed by atoms with van der Waals surface area (Å²) < 4.78 is 10.9. The summed E-state index contributed by atoms with van der Waals surface area (Å²) in [6, 6.07) is 15.3. The molecule has 4 nitrogen and oxygen atoms in total. The van der Waals surface area contributed by atoms with Crippen LogP contribution in [0.2, 0.25) is 0 Å². The molecule has 1 atom stereocenters. The number of carbonyl (C=O) groups excluding carboxylic acids is 1. The molecule has 3 rings (SSSR count). The van der Waals surface area contributed by atoms with Crippen LogP contribution in [0.15, 0.2) is 48.5 Å². The lowest BCUT2D eigenvalue weighted by Gasteiger charge is -2.22. The Hall–Kier alpha value is -2.49. The monoisotopic (exact) mass is 297 g/mol. The second-order valence-corrected chi connectivity index (χ2v) is 5.30. The minimum absolute atomic E-state index is 0.0132. The average Bonchev–Trinajstić information content (AvgIpc) is 2.99. The molecule has 1 unspecified atom stereocenters. The fourth-order valence-electron chi connectivity index (χ4n) is 2.70. The number of nitrogens with zero attached hydrogens (tertiary/aromatic N) is 1. The predicted molar refractivity (Wildman–Crippen MR) is 85.6 cm³/mol. The van der Waals surface area contributed by atoms with Gasteiger partial charge in [-0.05, 0) is 49.2 Å². The van der Waals surface area contributed by atoms with Gasteiger partial charge in [0.2, 0.25) is 0 Å². The standard InChI is InChI=1S/C18H19NO3/c1-13(22-16-9-7-15(21-2)8-10-16)18(20)19-12-11-14-5-3-4-6-17(14)19/h3-10,13H,11-12H2,1-2H3. The fourth-order valence-corrected chi connectivity index (χ4v) is 2.70. The molecule has 0 saturated carbocycles. The van der Waals surface area contributed by atoms with Gasteiger partial charge in [-0.1, -0.05) is 18.2 Å². The van der Waals surface area contributed by atoms with Crippen molar-refractivity contribution in [3.8, 4) is 11.5 Å². The molecule has 2 aromatic rings. The SMILES string of the molecule is COc1ccc(OC(C)C(=O)N2CCc3ccccc32)cc1. The molecule has 0 spiro atoms. The number of hydrogen-bond acceptors (Lipinski definition) is 3. The average molecular weight is 297 g/mol. The largest absolute Gasteiger partial charge is 0.497 e. The van der Waals surface area contributed by atoms with Crippen LogP contribution in [0.5, 0.6) is 11.5 Å². The Bertz CT molecular complexity index is 666. The maximum absolute atomic E-state index is 12.6. The van der Waals surface area contributed by atoms with E-state index in [1.807, 2.05) is 35.2 Å².